The fourth-order valence-electron chi connectivity index (χ4n) is 7.10. The molecule has 16 nitrogen and oxygen atoms in total. The smallest absolute Gasteiger partial charge is 0.407 e. The van der Waals surface area contributed by atoms with Crippen molar-refractivity contribution in [3.05, 3.63) is 36.5 Å². The summed E-state index contributed by atoms with van der Waals surface area (Å²) in [5, 5.41) is 2.74. The Kier molecular flexibility index (Phi) is 40.0. The summed E-state index contributed by atoms with van der Waals surface area (Å²) in [6.07, 6.45) is 27.6. The lowest BCUT2D eigenvalue weighted by molar-refractivity contribution is -0.166. The number of likely N-dealkylation sites (tertiary alicyclic amines) is 1. The van der Waals surface area contributed by atoms with Crippen LogP contribution in [0.1, 0.15) is 188 Å². The summed E-state index contributed by atoms with van der Waals surface area (Å²) in [5.74, 6) is -2.82. The Balaban J connectivity index is 2.91. The number of allylic oxidation sites excluding steroid dienone is 6. The second-order valence-electron chi connectivity index (χ2n) is 17.9. The van der Waals surface area contributed by atoms with E-state index >= 15 is 0 Å². The molecule has 1 saturated heterocycles. The van der Waals surface area contributed by atoms with Crippen LogP contribution in [0.4, 0.5) is 4.79 Å². The zero-order chi connectivity index (χ0) is 51.2. The number of rotatable bonds is 44. The molecule has 1 amide bonds. The molecule has 1 fully saturated rings. The van der Waals surface area contributed by atoms with Crippen molar-refractivity contribution >= 4 is 41.9 Å². The fourth-order valence-corrected chi connectivity index (χ4v) is 7.10. The van der Waals surface area contributed by atoms with E-state index in [2.05, 4.69) is 67.4 Å². The molecule has 0 unspecified atom stereocenters. The van der Waals surface area contributed by atoms with E-state index in [-0.39, 0.29) is 56.4 Å². The Morgan fingerprint density at radius 1 is 0.414 bits per heavy atom. The van der Waals surface area contributed by atoms with Crippen LogP contribution in [-0.4, -0.2) is 119 Å². The lowest BCUT2D eigenvalue weighted by Gasteiger charge is -2.31. The minimum atomic E-state index is -1.49. The molecule has 0 aromatic rings. The summed E-state index contributed by atoms with van der Waals surface area (Å²) >= 11 is 0. The van der Waals surface area contributed by atoms with Gasteiger partial charge in [-0.2, -0.15) is 0 Å². The number of carbonyl (C=O) groups excluding carboxylic acids is 7. The van der Waals surface area contributed by atoms with Crippen molar-refractivity contribution in [2.24, 2.45) is 5.41 Å². The lowest BCUT2D eigenvalue weighted by atomic mass is 9.92. The first-order valence-corrected chi connectivity index (χ1v) is 26.5. The molecule has 1 aliphatic heterocycles. The molecule has 0 aromatic heterocycles. The van der Waals surface area contributed by atoms with Crippen molar-refractivity contribution in [3.63, 3.8) is 0 Å². The van der Waals surface area contributed by atoms with E-state index in [4.69, 9.17) is 33.2 Å². The van der Waals surface area contributed by atoms with Gasteiger partial charge >= 0.3 is 41.9 Å². The first-order valence-electron chi connectivity index (χ1n) is 26.5. The molecular weight excluding hydrogens is 901 g/mol. The molecule has 0 aliphatic carbocycles. The van der Waals surface area contributed by atoms with Gasteiger partial charge in [0.1, 0.15) is 31.8 Å². The van der Waals surface area contributed by atoms with E-state index in [0.29, 0.717) is 71.4 Å². The Bertz CT molecular complexity index is 1380. The number of nitrogens with zero attached hydrogens (tertiary/aromatic N) is 1. The third-order valence-corrected chi connectivity index (χ3v) is 11.4. The maximum atomic E-state index is 13.1. The van der Waals surface area contributed by atoms with Crippen LogP contribution < -0.4 is 5.32 Å². The minimum Gasteiger partial charge on any atom is -0.466 e. The van der Waals surface area contributed by atoms with E-state index in [1.54, 1.807) is 0 Å². The predicted octanol–water partition coefficient (Wildman–Crippen LogP) is 10.1. The summed E-state index contributed by atoms with van der Waals surface area (Å²) in [6.45, 7) is 8.43. The second kappa shape index (κ2) is 44.2. The molecule has 1 rings (SSSR count). The van der Waals surface area contributed by atoms with Crippen LogP contribution >= 0.6 is 0 Å². The number of hydrogen-bond donors (Lipinski definition) is 1. The normalized spacial score (nSPS) is 12.9. The first-order chi connectivity index (χ1) is 34.0. The number of alkyl carbamates (subject to hydrolysis) is 1. The average Bonchev–Trinajstić information content (AvgIpc) is 3.88. The molecule has 0 aromatic carbocycles. The van der Waals surface area contributed by atoms with Crippen LogP contribution in [0.25, 0.3) is 0 Å². The monoisotopic (exact) mass is 991 g/mol. The van der Waals surface area contributed by atoms with Crippen molar-refractivity contribution in [2.45, 2.75) is 188 Å². The molecule has 400 valence electrons. The number of ether oxygens (including phenoxy) is 7. The van der Waals surface area contributed by atoms with Crippen LogP contribution in [0.15, 0.2) is 36.5 Å². The Hall–Kier alpha value is -4.73. The van der Waals surface area contributed by atoms with Gasteiger partial charge in [-0.15, -0.1) is 0 Å². The average molecular weight is 991 g/mol. The van der Waals surface area contributed by atoms with Crippen LogP contribution in [0.5, 0.6) is 0 Å². The lowest BCUT2D eigenvalue weighted by Crippen LogP contribution is -2.45. The van der Waals surface area contributed by atoms with Crippen molar-refractivity contribution < 1.29 is 66.7 Å². The molecule has 0 atom stereocenters. The van der Waals surface area contributed by atoms with Crippen molar-refractivity contribution in [1.29, 1.82) is 0 Å². The Morgan fingerprint density at radius 2 is 0.729 bits per heavy atom. The van der Waals surface area contributed by atoms with Gasteiger partial charge in [0.15, 0.2) is 0 Å². The predicted molar refractivity (Wildman–Crippen MR) is 268 cm³/mol. The highest BCUT2D eigenvalue weighted by molar-refractivity contribution is 5.72. The van der Waals surface area contributed by atoms with Gasteiger partial charge in [0.2, 0.25) is 0 Å². The van der Waals surface area contributed by atoms with E-state index in [0.717, 1.165) is 103 Å². The minimum absolute atomic E-state index is 0.0258. The maximum absolute atomic E-state index is 13.1. The van der Waals surface area contributed by atoms with Gasteiger partial charge in [0, 0.05) is 51.6 Å². The highest BCUT2D eigenvalue weighted by Gasteiger charge is 2.38. The maximum Gasteiger partial charge on any atom is 0.407 e. The first kappa shape index (κ1) is 63.3. The Labute approximate surface area is 419 Å². The van der Waals surface area contributed by atoms with E-state index in [9.17, 15) is 33.6 Å². The zero-order valence-corrected chi connectivity index (χ0v) is 43.3. The van der Waals surface area contributed by atoms with Crippen molar-refractivity contribution in [3.8, 4) is 0 Å². The van der Waals surface area contributed by atoms with Gasteiger partial charge in [-0.1, -0.05) is 57.2 Å². The number of carbonyl (C=O) groups is 7. The summed E-state index contributed by atoms with van der Waals surface area (Å²) in [4.78, 5) is 91.3. The van der Waals surface area contributed by atoms with Crippen LogP contribution in [-0.2, 0) is 61.9 Å². The fraction of sp³-hybridized carbons (Fsp3) is 0.759. The zero-order valence-electron chi connectivity index (χ0n) is 43.3. The summed E-state index contributed by atoms with van der Waals surface area (Å²) in [5.41, 5.74) is -1.49. The molecule has 1 N–H and O–H groups in total. The largest absolute Gasteiger partial charge is 0.466 e. The number of amides is 1. The number of hydrogen-bond acceptors (Lipinski definition) is 15. The quantitative estimate of drug-likeness (QED) is 0.0261. The van der Waals surface area contributed by atoms with Gasteiger partial charge in [0.05, 0.1) is 19.8 Å². The van der Waals surface area contributed by atoms with Gasteiger partial charge in [-0.25, -0.2) is 4.79 Å². The van der Waals surface area contributed by atoms with Gasteiger partial charge < -0.3 is 43.4 Å². The van der Waals surface area contributed by atoms with E-state index in [1.165, 1.54) is 0 Å². The van der Waals surface area contributed by atoms with Gasteiger partial charge in [-0.05, 0) is 142 Å². The summed E-state index contributed by atoms with van der Waals surface area (Å²) < 4.78 is 38.7. The molecule has 0 bridgehead atoms. The molecule has 0 saturated carbocycles. The van der Waals surface area contributed by atoms with Crippen molar-refractivity contribution in [2.75, 3.05) is 72.4 Å². The Morgan fingerprint density at radius 3 is 1.06 bits per heavy atom. The standard InChI is InChI=1S/C54H90N2O14/c1-4-7-10-13-16-27-40-64-47(57)30-19-22-33-50(60)67-43-54(46-70-53(63)55-36-39-56-37-25-26-38-56,44-68-51(61)34-23-20-31-48(58)65-41-28-17-14-11-8-5-2)45-69-52(62)35-24-21-32-49(59)66-42-29-18-15-12-9-6-3/h7-12H,4-6,13-46H2,1-3H3,(H,55,63)/b10-7-,11-8-,12-9-. The number of esters is 6. The van der Waals surface area contributed by atoms with Crippen LogP contribution in [0.2, 0.25) is 0 Å². The number of nitrogens with one attached hydrogen (secondary N) is 1. The summed E-state index contributed by atoms with van der Waals surface area (Å²) in [6, 6.07) is 0. The SMILES string of the molecule is CC/C=C\CCCCOC(=O)CCCCC(=O)OCC(COC(=O)CCCCC(=O)OCCCC/C=C\CC)(COC(=O)CCCCC(=O)OCCCC/C=C\CC)COC(=O)NCCN1CCCC1. The molecule has 0 spiro atoms. The van der Waals surface area contributed by atoms with Gasteiger partial charge in [-0.3, -0.25) is 28.8 Å². The molecule has 1 aliphatic rings. The highest BCUT2D eigenvalue weighted by Crippen LogP contribution is 2.23. The van der Waals surface area contributed by atoms with E-state index in [1.807, 2.05) is 0 Å². The molecule has 16 heteroatoms. The topological polar surface area (TPSA) is 199 Å². The molecule has 0 radical (unpaired) electrons. The van der Waals surface area contributed by atoms with Crippen LogP contribution in [0.3, 0.4) is 0 Å². The van der Waals surface area contributed by atoms with E-state index < -0.39 is 55.8 Å². The molecule has 1 heterocycles. The third-order valence-electron chi connectivity index (χ3n) is 11.4. The molecule has 70 heavy (non-hydrogen) atoms. The third kappa shape index (κ3) is 38.1. The highest BCUT2D eigenvalue weighted by atomic mass is 16.6. The van der Waals surface area contributed by atoms with Crippen molar-refractivity contribution in [1.82, 2.24) is 10.2 Å². The number of unbranched alkanes of at least 4 members (excludes halogenated alkanes) is 9. The van der Waals surface area contributed by atoms with Crippen LogP contribution in [0, 0.1) is 5.41 Å². The molecular formula is C54H90N2O14. The summed E-state index contributed by atoms with van der Waals surface area (Å²) in [7, 11) is 0. The van der Waals surface area contributed by atoms with Gasteiger partial charge in [0.25, 0.3) is 0 Å². The second-order valence-corrected chi connectivity index (χ2v) is 17.9.